The summed E-state index contributed by atoms with van der Waals surface area (Å²) in [6, 6.07) is 15.9. The summed E-state index contributed by atoms with van der Waals surface area (Å²) >= 11 is 0. The number of carbonyl (C=O) groups is 1. The van der Waals surface area contributed by atoms with Gasteiger partial charge in [0.15, 0.2) is 17.2 Å². The van der Waals surface area contributed by atoms with Gasteiger partial charge in [-0.3, -0.25) is 9.59 Å². The maximum atomic E-state index is 12.4. The topological polar surface area (TPSA) is 89.7 Å². The van der Waals surface area contributed by atoms with Crippen LogP contribution in [0, 0.1) is 0 Å². The van der Waals surface area contributed by atoms with Gasteiger partial charge < -0.3 is 24.5 Å². The van der Waals surface area contributed by atoms with Crippen molar-refractivity contribution in [2.24, 2.45) is 0 Å². The monoisotopic (exact) mass is 378 g/mol. The Morgan fingerprint density at radius 2 is 1.82 bits per heavy atom. The van der Waals surface area contributed by atoms with Crippen LogP contribution < -0.4 is 25.0 Å². The standard InChI is InChI=1S/C21H18N2O5/c24-17-11-16(22-12-20(17)28-13-14-4-2-1-3-5-14)21(25)23-15-6-7-18-19(10-15)27-9-8-26-18/h1-7,10-12H,8-9,13H2,(H,22,24)(H,23,25). The zero-order chi connectivity index (χ0) is 19.3. The van der Waals surface area contributed by atoms with E-state index in [0.717, 1.165) is 5.56 Å². The molecule has 28 heavy (non-hydrogen) atoms. The van der Waals surface area contributed by atoms with Crippen molar-refractivity contribution in [1.29, 1.82) is 0 Å². The molecular formula is C21H18N2O5. The summed E-state index contributed by atoms with van der Waals surface area (Å²) in [7, 11) is 0. The second kappa shape index (κ2) is 7.87. The van der Waals surface area contributed by atoms with Gasteiger partial charge in [-0.05, 0) is 17.7 Å². The molecule has 1 aliphatic heterocycles. The average Bonchev–Trinajstić information content (AvgIpc) is 2.73. The summed E-state index contributed by atoms with van der Waals surface area (Å²) in [5, 5.41) is 2.73. The van der Waals surface area contributed by atoms with Gasteiger partial charge in [0.25, 0.3) is 5.91 Å². The van der Waals surface area contributed by atoms with Crippen LogP contribution in [0.5, 0.6) is 17.2 Å². The highest BCUT2D eigenvalue weighted by Crippen LogP contribution is 2.32. The molecule has 1 amide bonds. The molecule has 7 heteroatoms. The van der Waals surface area contributed by atoms with E-state index in [4.69, 9.17) is 14.2 Å². The number of H-pyrrole nitrogens is 1. The van der Waals surface area contributed by atoms with Gasteiger partial charge in [0.2, 0.25) is 5.43 Å². The molecule has 0 fully saturated rings. The largest absolute Gasteiger partial charge is 0.486 e. The molecule has 0 saturated heterocycles. The van der Waals surface area contributed by atoms with E-state index in [2.05, 4.69) is 10.3 Å². The number of amides is 1. The number of rotatable bonds is 5. The lowest BCUT2D eigenvalue weighted by Gasteiger charge is -2.19. The molecule has 0 aliphatic carbocycles. The zero-order valence-electron chi connectivity index (χ0n) is 14.9. The fourth-order valence-corrected chi connectivity index (χ4v) is 2.76. The van der Waals surface area contributed by atoms with Crippen LogP contribution in [0.25, 0.3) is 0 Å². The summed E-state index contributed by atoms with van der Waals surface area (Å²) < 4.78 is 16.5. The first-order valence-corrected chi connectivity index (χ1v) is 8.79. The number of benzene rings is 2. The molecule has 0 radical (unpaired) electrons. The normalized spacial score (nSPS) is 12.3. The van der Waals surface area contributed by atoms with Crippen LogP contribution in [0.2, 0.25) is 0 Å². The van der Waals surface area contributed by atoms with E-state index in [1.54, 1.807) is 18.2 Å². The van der Waals surface area contributed by atoms with Crippen molar-refractivity contribution in [2.45, 2.75) is 6.61 Å². The lowest BCUT2D eigenvalue weighted by Crippen LogP contribution is -2.18. The minimum Gasteiger partial charge on any atom is -0.486 e. The van der Waals surface area contributed by atoms with Crippen molar-refractivity contribution in [1.82, 2.24) is 4.98 Å². The Morgan fingerprint density at radius 3 is 2.61 bits per heavy atom. The van der Waals surface area contributed by atoms with Crippen molar-refractivity contribution in [3.05, 3.63) is 82.3 Å². The highest BCUT2D eigenvalue weighted by atomic mass is 16.6. The van der Waals surface area contributed by atoms with Crippen LogP contribution in [-0.4, -0.2) is 24.1 Å². The number of carbonyl (C=O) groups excluding carboxylic acids is 1. The molecular weight excluding hydrogens is 360 g/mol. The maximum absolute atomic E-state index is 12.4. The number of pyridine rings is 1. The molecule has 0 atom stereocenters. The Bertz CT molecular complexity index is 1050. The summed E-state index contributed by atoms with van der Waals surface area (Å²) in [5.41, 5.74) is 1.25. The fourth-order valence-electron chi connectivity index (χ4n) is 2.76. The van der Waals surface area contributed by atoms with Gasteiger partial charge in [-0.15, -0.1) is 0 Å². The van der Waals surface area contributed by atoms with E-state index in [9.17, 15) is 9.59 Å². The number of aromatic amines is 1. The van der Waals surface area contributed by atoms with E-state index in [0.29, 0.717) is 30.4 Å². The van der Waals surface area contributed by atoms with Crippen LogP contribution >= 0.6 is 0 Å². The third-order valence-corrected chi connectivity index (χ3v) is 4.16. The lowest BCUT2D eigenvalue weighted by molar-refractivity contribution is 0.102. The molecule has 2 N–H and O–H groups in total. The van der Waals surface area contributed by atoms with Crippen molar-refractivity contribution < 1.29 is 19.0 Å². The second-order valence-corrected chi connectivity index (χ2v) is 6.16. The maximum Gasteiger partial charge on any atom is 0.272 e. The van der Waals surface area contributed by atoms with Crippen molar-refractivity contribution in [2.75, 3.05) is 18.5 Å². The number of ether oxygens (including phenoxy) is 3. The van der Waals surface area contributed by atoms with Gasteiger partial charge in [-0.25, -0.2) is 0 Å². The van der Waals surface area contributed by atoms with Gasteiger partial charge in [-0.1, -0.05) is 30.3 Å². The first-order chi connectivity index (χ1) is 13.7. The summed E-state index contributed by atoms with van der Waals surface area (Å²) in [4.78, 5) is 27.5. The van der Waals surface area contributed by atoms with E-state index in [1.807, 2.05) is 30.3 Å². The minimum absolute atomic E-state index is 0.131. The first-order valence-electron chi connectivity index (χ1n) is 8.79. The third-order valence-electron chi connectivity index (χ3n) is 4.16. The van der Waals surface area contributed by atoms with Gasteiger partial charge in [0.05, 0.1) is 0 Å². The molecule has 0 bridgehead atoms. The number of nitrogens with one attached hydrogen (secondary N) is 2. The minimum atomic E-state index is -0.441. The Balaban J connectivity index is 1.43. The molecule has 2 aromatic carbocycles. The highest BCUT2D eigenvalue weighted by molar-refractivity contribution is 6.03. The number of hydrogen-bond acceptors (Lipinski definition) is 5. The van der Waals surface area contributed by atoms with Crippen LogP contribution in [0.4, 0.5) is 5.69 Å². The first kappa shape index (κ1) is 17.7. The average molecular weight is 378 g/mol. The van der Waals surface area contributed by atoms with E-state index >= 15 is 0 Å². The quantitative estimate of drug-likeness (QED) is 0.712. The Kier molecular flexibility index (Phi) is 4.97. The molecule has 2 heterocycles. The van der Waals surface area contributed by atoms with Gasteiger partial charge in [-0.2, -0.15) is 0 Å². The predicted molar refractivity (Wildman–Crippen MR) is 103 cm³/mol. The van der Waals surface area contributed by atoms with Crippen LogP contribution in [-0.2, 0) is 6.61 Å². The van der Waals surface area contributed by atoms with E-state index in [1.165, 1.54) is 12.3 Å². The fraction of sp³-hybridized carbons (Fsp3) is 0.143. The number of anilines is 1. The molecule has 142 valence electrons. The third kappa shape index (κ3) is 3.98. The smallest absolute Gasteiger partial charge is 0.272 e. The molecule has 1 aliphatic rings. The van der Waals surface area contributed by atoms with Crippen molar-refractivity contribution >= 4 is 11.6 Å². The molecule has 7 nitrogen and oxygen atoms in total. The number of hydrogen-bond donors (Lipinski definition) is 2. The molecule has 0 unspecified atom stereocenters. The number of aromatic nitrogens is 1. The lowest BCUT2D eigenvalue weighted by atomic mass is 10.2. The molecule has 3 aromatic rings. The zero-order valence-corrected chi connectivity index (χ0v) is 14.9. The molecule has 1 aromatic heterocycles. The summed E-state index contributed by atoms with van der Waals surface area (Å²) in [5.74, 6) is 0.919. The summed E-state index contributed by atoms with van der Waals surface area (Å²) in [6.45, 7) is 1.23. The van der Waals surface area contributed by atoms with E-state index in [-0.39, 0.29) is 23.5 Å². The molecule has 0 saturated carbocycles. The van der Waals surface area contributed by atoms with Crippen LogP contribution in [0.15, 0.2) is 65.6 Å². The Labute approximate surface area is 160 Å². The van der Waals surface area contributed by atoms with Gasteiger partial charge in [0.1, 0.15) is 25.5 Å². The molecule has 4 rings (SSSR count). The van der Waals surface area contributed by atoms with E-state index < -0.39 is 5.91 Å². The van der Waals surface area contributed by atoms with Crippen molar-refractivity contribution in [3.8, 4) is 17.2 Å². The number of fused-ring (bicyclic) bond motifs is 1. The van der Waals surface area contributed by atoms with Gasteiger partial charge >= 0.3 is 0 Å². The van der Waals surface area contributed by atoms with Crippen LogP contribution in [0.3, 0.4) is 0 Å². The Hall–Kier alpha value is -3.74. The van der Waals surface area contributed by atoms with Crippen LogP contribution in [0.1, 0.15) is 16.1 Å². The SMILES string of the molecule is O=C(Nc1ccc2c(c1)OCCO2)c1cc(=O)c(OCc2ccccc2)c[nH]1. The molecule has 0 spiro atoms. The predicted octanol–water partition coefficient (Wildman–Crippen LogP) is 2.98. The Morgan fingerprint density at radius 1 is 1.04 bits per heavy atom. The van der Waals surface area contributed by atoms with Gasteiger partial charge in [0, 0.05) is 24.0 Å². The van der Waals surface area contributed by atoms with Crippen molar-refractivity contribution in [3.63, 3.8) is 0 Å². The highest BCUT2D eigenvalue weighted by Gasteiger charge is 2.14. The second-order valence-electron chi connectivity index (χ2n) is 6.16. The summed E-state index contributed by atoms with van der Waals surface area (Å²) in [6.07, 6.45) is 1.39.